The molecule has 0 radical (unpaired) electrons. The molecule has 0 bridgehead atoms. The minimum absolute atomic E-state index is 0.0660. The van der Waals surface area contributed by atoms with Crippen LogP contribution in [0.2, 0.25) is 0 Å². The lowest BCUT2D eigenvalue weighted by Gasteiger charge is -2.25. The molecule has 1 unspecified atom stereocenters. The van der Waals surface area contributed by atoms with E-state index in [1.54, 1.807) is 18.4 Å². The molecule has 3 N–H and O–H groups in total. The minimum atomic E-state index is -3.91. The summed E-state index contributed by atoms with van der Waals surface area (Å²) in [6.45, 7) is 9.63. The molecule has 0 aromatic heterocycles. The van der Waals surface area contributed by atoms with Gasteiger partial charge >= 0.3 is 10.3 Å². The lowest BCUT2D eigenvalue weighted by Crippen LogP contribution is -2.43. The molecule has 190 valence electrons. The van der Waals surface area contributed by atoms with E-state index in [1.165, 1.54) is 6.92 Å². The van der Waals surface area contributed by atoms with Crippen LogP contribution in [0.15, 0.2) is 37.1 Å². The molecular weight excluding hydrogens is 454 g/mol. The maximum atomic E-state index is 12.7. The Balaban J connectivity index is 2.07. The van der Waals surface area contributed by atoms with Gasteiger partial charge in [-0.2, -0.15) is 13.1 Å². The first-order valence-corrected chi connectivity index (χ1v) is 13.3. The number of ether oxygens (including phenoxy) is 1. The first-order valence-electron chi connectivity index (χ1n) is 11.9. The fourth-order valence-electron chi connectivity index (χ4n) is 3.72. The monoisotopic (exact) mass is 493 g/mol. The van der Waals surface area contributed by atoms with Gasteiger partial charge in [0.25, 0.3) is 0 Å². The Morgan fingerprint density at radius 3 is 2.62 bits per heavy atom. The molecule has 9 heteroatoms. The summed E-state index contributed by atoms with van der Waals surface area (Å²) in [5.41, 5.74) is 1.80. The SMILES string of the molecule is C=CCc1cc(C=CNC(C)=O)ccc1OCC(CNC(C)C)OS(=O)(=O)NC1CCCCC1. The second kappa shape index (κ2) is 14.3. The van der Waals surface area contributed by atoms with E-state index in [2.05, 4.69) is 21.9 Å². The molecule has 1 aromatic carbocycles. The largest absolute Gasteiger partial charge is 0.490 e. The predicted octanol–water partition coefficient (Wildman–Crippen LogP) is 3.45. The number of hydrogen-bond acceptors (Lipinski definition) is 6. The van der Waals surface area contributed by atoms with Crippen molar-refractivity contribution in [3.63, 3.8) is 0 Å². The van der Waals surface area contributed by atoms with Crippen molar-refractivity contribution in [3.8, 4) is 5.75 Å². The third-order valence-electron chi connectivity index (χ3n) is 5.37. The Kier molecular flexibility index (Phi) is 11.8. The van der Waals surface area contributed by atoms with Crippen LogP contribution in [0.3, 0.4) is 0 Å². The highest BCUT2D eigenvalue weighted by molar-refractivity contribution is 7.84. The van der Waals surface area contributed by atoms with Crippen molar-refractivity contribution in [2.24, 2.45) is 0 Å². The highest BCUT2D eigenvalue weighted by atomic mass is 32.2. The quantitative estimate of drug-likeness (QED) is 0.343. The first-order chi connectivity index (χ1) is 16.2. The number of allylic oxidation sites excluding steroid dienone is 1. The van der Waals surface area contributed by atoms with Crippen molar-refractivity contribution >= 4 is 22.3 Å². The van der Waals surface area contributed by atoms with Gasteiger partial charge in [-0.1, -0.05) is 45.3 Å². The molecule has 0 aliphatic heterocycles. The molecular formula is C25H39N3O5S. The molecule has 8 nitrogen and oxygen atoms in total. The Morgan fingerprint density at radius 2 is 1.97 bits per heavy atom. The van der Waals surface area contributed by atoms with Crippen molar-refractivity contribution < 1.29 is 22.1 Å². The Morgan fingerprint density at radius 1 is 1.24 bits per heavy atom. The van der Waals surface area contributed by atoms with Crippen molar-refractivity contribution in [2.45, 2.75) is 77.5 Å². The van der Waals surface area contributed by atoms with Crippen molar-refractivity contribution in [3.05, 3.63) is 48.2 Å². The average Bonchev–Trinajstić information content (AvgIpc) is 2.76. The lowest BCUT2D eigenvalue weighted by atomic mass is 9.96. The minimum Gasteiger partial charge on any atom is -0.490 e. The van der Waals surface area contributed by atoms with Gasteiger partial charge in [0.1, 0.15) is 18.5 Å². The first kappa shape index (κ1) is 28.0. The van der Waals surface area contributed by atoms with E-state index >= 15 is 0 Å². The van der Waals surface area contributed by atoms with Crippen molar-refractivity contribution in [2.75, 3.05) is 13.2 Å². The van der Waals surface area contributed by atoms with Crippen LogP contribution in [-0.4, -0.2) is 45.7 Å². The summed E-state index contributed by atoms with van der Waals surface area (Å²) in [6, 6.07) is 5.73. The molecule has 1 aromatic rings. The molecule has 1 aliphatic carbocycles. The molecule has 1 aliphatic rings. The maximum absolute atomic E-state index is 12.7. The van der Waals surface area contributed by atoms with Gasteiger partial charge in [0.2, 0.25) is 5.91 Å². The van der Waals surface area contributed by atoms with Gasteiger partial charge in [-0.25, -0.2) is 4.18 Å². The Labute approximate surface area is 204 Å². The standard InChI is InChI=1S/C25H39N3O5S/c1-5-9-22-16-21(14-15-26-20(4)29)12-13-25(22)32-18-24(17-27-19(2)3)33-34(30,31)28-23-10-7-6-8-11-23/h5,12-16,19,23-24,27-28H,1,6-11,17-18H2,2-4H3,(H,26,29). The van der Waals surface area contributed by atoms with Crippen molar-refractivity contribution in [1.82, 2.24) is 15.4 Å². The number of amides is 1. The Bertz CT molecular complexity index is 924. The normalized spacial score (nSPS) is 16.0. The molecule has 0 spiro atoms. The third kappa shape index (κ3) is 10.8. The number of benzene rings is 1. The van der Waals surface area contributed by atoms with Crippen LogP contribution < -0.4 is 20.1 Å². The average molecular weight is 494 g/mol. The van der Waals surface area contributed by atoms with E-state index in [0.717, 1.165) is 43.2 Å². The fourth-order valence-corrected chi connectivity index (χ4v) is 4.90. The number of rotatable bonds is 14. The molecule has 1 fully saturated rings. The zero-order valence-electron chi connectivity index (χ0n) is 20.5. The molecule has 1 amide bonds. The fraction of sp³-hybridized carbons (Fsp3) is 0.560. The summed E-state index contributed by atoms with van der Waals surface area (Å²) in [4.78, 5) is 11.1. The van der Waals surface area contributed by atoms with E-state index in [9.17, 15) is 13.2 Å². The molecule has 34 heavy (non-hydrogen) atoms. The van der Waals surface area contributed by atoms with Gasteiger partial charge in [0.15, 0.2) is 0 Å². The molecule has 1 saturated carbocycles. The summed E-state index contributed by atoms with van der Waals surface area (Å²) in [6.07, 6.45) is 9.89. The third-order valence-corrected chi connectivity index (χ3v) is 6.52. The smallest absolute Gasteiger partial charge is 0.336 e. The van der Waals surface area contributed by atoms with Crippen LogP contribution in [0.5, 0.6) is 5.75 Å². The van der Waals surface area contributed by atoms with Gasteiger partial charge in [-0.3, -0.25) is 4.79 Å². The van der Waals surface area contributed by atoms with Crippen LogP contribution in [0.4, 0.5) is 0 Å². The summed E-state index contributed by atoms with van der Waals surface area (Å²) in [7, 11) is -3.91. The van der Waals surface area contributed by atoms with E-state index in [4.69, 9.17) is 8.92 Å². The number of hydrogen-bond donors (Lipinski definition) is 3. The second-order valence-electron chi connectivity index (χ2n) is 8.89. The zero-order chi connectivity index (χ0) is 25.0. The highest BCUT2D eigenvalue weighted by Gasteiger charge is 2.25. The highest BCUT2D eigenvalue weighted by Crippen LogP contribution is 2.23. The van der Waals surface area contributed by atoms with Crippen LogP contribution in [0, 0.1) is 0 Å². The number of carbonyl (C=O) groups excluding carboxylic acids is 1. The lowest BCUT2D eigenvalue weighted by molar-refractivity contribution is -0.118. The second-order valence-corrected chi connectivity index (χ2v) is 10.2. The molecule has 2 rings (SSSR count). The van der Waals surface area contributed by atoms with E-state index in [0.29, 0.717) is 18.7 Å². The molecule has 0 heterocycles. The van der Waals surface area contributed by atoms with Gasteiger partial charge in [0.05, 0.1) is 0 Å². The summed E-state index contributed by atoms with van der Waals surface area (Å²) in [5, 5.41) is 5.85. The van der Waals surface area contributed by atoms with E-state index in [1.807, 2.05) is 32.0 Å². The topological polar surface area (TPSA) is 106 Å². The summed E-state index contributed by atoms with van der Waals surface area (Å²) >= 11 is 0. The number of nitrogens with one attached hydrogen (secondary N) is 3. The van der Waals surface area contributed by atoms with Gasteiger partial charge in [-0.05, 0) is 48.6 Å². The van der Waals surface area contributed by atoms with Crippen LogP contribution >= 0.6 is 0 Å². The van der Waals surface area contributed by atoms with Crippen LogP contribution in [0.25, 0.3) is 6.08 Å². The maximum Gasteiger partial charge on any atom is 0.336 e. The van der Waals surface area contributed by atoms with Gasteiger partial charge in [-0.15, -0.1) is 6.58 Å². The molecule has 0 saturated heterocycles. The number of carbonyl (C=O) groups is 1. The van der Waals surface area contributed by atoms with E-state index in [-0.39, 0.29) is 24.6 Å². The zero-order valence-corrected chi connectivity index (χ0v) is 21.3. The Hall–Kier alpha value is -2.20. The van der Waals surface area contributed by atoms with Crippen LogP contribution in [0.1, 0.15) is 64.0 Å². The van der Waals surface area contributed by atoms with Gasteiger partial charge in [0, 0.05) is 31.8 Å². The summed E-state index contributed by atoms with van der Waals surface area (Å²) < 4.78 is 39.5. The summed E-state index contributed by atoms with van der Waals surface area (Å²) in [5.74, 6) is 0.490. The van der Waals surface area contributed by atoms with Crippen molar-refractivity contribution in [1.29, 1.82) is 0 Å². The van der Waals surface area contributed by atoms with Gasteiger partial charge < -0.3 is 15.4 Å². The van der Waals surface area contributed by atoms with E-state index < -0.39 is 16.4 Å². The predicted molar refractivity (Wildman–Crippen MR) is 136 cm³/mol. The van der Waals surface area contributed by atoms with Crippen LogP contribution in [-0.2, 0) is 25.7 Å². The molecule has 1 atom stereocenters.